The first-order valence-electron chi connectivity index (χ1n) is 4.15. The van der Waals surface area contributed by atoms with Gasteiger partial charge in [-0.3, -0.25) is 4.68 Å². The molecule has 0 aliphatic rings. The molecule has 2 nitrogen and oxygen atoms in total. The summed E-state index contributed by atoms with van der Waals surface area (Å²) >= 11 is 8.33. The second kappa shape index (κ2) is 3.22. The van der Waals surface area contributed by atoms with Crippen LogP contribution in [0, 0.1) is 0 Å². The molecule has 50 valence electrons. The van der Waals surface area contributed by atoms with Crippen molar-refractivity contribution in [2.45, 2.75) is 6.50 Å². The Bertz CT molecular complexity index is 308. The fourth-order valence-corrected chi connectivity index (χ4v) is 0.777. The van der Waals surface area contributed by atoms with E-state index in [1.54, 1.807) is 0 Å². The van der Waals surface area contributed by atoms with Gasteiger partial charge in [-0.15, -0.1) is 11.6 Å². The van der Waals surface area contributed by atoms with Crippen LogP contribution in [0.2, 0.25) is 0 Å². The van der Waals surface area contributed by atoms with E-state index in [9.17, 15) is 0 Å². The Morgan fingerprint density at radius 2 is 2.78 bits per heavy atom. The Morgan fingerprint density at radius 3 is 3.22 bits per heavy atom. The normalized spacial score (nSPS) is 19.8. The summed E-state index contributed by atoms with van der Waals surface area (Å²) in [4.78, 5) is 0. The first kappa shape index (κ1) is 3.39. The number of alkyl halides is 1. The van der Waals surface area contributed by atoms with E-state index >= 15 is 0 Å². The molecule has 0 fully saturated rings. The topological polar surface area (TPSA) is 17.8 Å². The van der Waals surface area contributed by atoms with Gasteiger partial charge in [0.25, 0.3) is 0 Å². The lowest BCUT2D eigenvalue weighted by Crippen LogP contribution is -1.97. The van der Waals surface area contributed by atoms with Gasteiger partial charge in [0.2, 0.25) is 0 Å². The first-order valence-corrected chi connectivity index (χ1v) is 3.32. The maximum atomic E-state index is 7.37. The molecule has 0 bridgehead atoms. The van der Waals surface area contributed by atoms with Crippen LogP contribution in [-0.4, -0.2) is 15.6 Å². The highest BCUT2D eigenvalue weighted by Crippen LogP contribution is 2.05. The van der Waals surface area contributed by atoms with Crippen LogP contribution < -0.4 is 0 Å². The van der Waals surface area contributed by atoms with E-state index in [-0.39, 0.29) is 0 Å². The SMILES string of the molecule is [2H]C([2H])(Cl)C([2H])([2H])n1cc(Br)cn1. The summed E-state index contributed by atoms with van der Waals surface area (Å²) in [6.45, 7) is -2.37. The lowest BCUT2D eigenvalue weighted by Gasteiger charge is -1.91. The van der Waals surface area contributed by atoms with Crippen LogP contribution in [0.5, 0.6) is 0 Å². The van der Waals surface area contributed by atoms with Gasteiger partial charge in [-0.1, -0.05) is 0 Å². The van der Waals surface area contributed by atoms with Crippen molar-refractivity contribution in [2.75, 3.05) is 5.83 Å². The van der Waals surface area contributed by atoms with Gasteiger partial charge in [-0.25, -0.2) is 0 Å². The molecule has 9 heavy (non-hydrogen) atoms. The fraction of sp³-hybridized carbons (Fsp3) is 0.400. The Hall–Kier alpha value is -0.0200. The number of aryl methyl sites for hydroxylation is 1. The van der Waals surface area contributed by atoms with Gasteiger partial charge in [0.05, 0.1) is 19.9 Å². The summed E-state index contributed by atoms with van der Waals surface area (Å²) in [5.74, 6) is -2.50. The summed E-state index contributed by atoms with van der Waals surface area (Å²) in [6, 6.07) is 0. The van der Waals surface area contributed by atoms with Gasteiger partial charge in [0.15, 0.2) is 0 Å². The molecule has 1 aromatic rings. The van der Waals surface area contributed by atoms with Crippen LogP contribution >= 0.6 is 27.5 Å². The Labute approximate surface area is 72.6 Å². The highest BCUT2D eigenvalue weighted by Gasteiger charge is 1.91. The van der Waals surface area contributed by atoms with Gasteiger partial charge in [-0.05, 0) is 15.9 Å². The van der Waals surface area contributed by atoms with E-state index in [4.69, 9.17) is 17.1 Å². The molecule has 4 heteroatoms. The predicted molar refractivity (Wildman–Crippen MR) is 40.6 cm³/mol. The number of rotatable bonds is 2. The van der Waals surface area contributed by atoms with E-state index in [0.717, 1.165) is 4.68 Å². The summed E-state index contributed by atoms with van der Waals surface area (Å²) in [5.41, 5.74) is 0. The van der Waals surface area contributed by atoms with Crippen molar-refractivity contribution in [2.24, 2.45) is 0 Å². The lowest BCUT2D eigenvalue weighted by molar-refractivity contribution is 0.664. The predicted octanol–water partition coefficient (Wildman–Crippen LogP) is 1.88. The van der Waals surface area contributed by atoms with Crippen LogP contribution in [0.15, 0.2) is 16.9 Å². The van der Waals surface area contributed by atoms with Gasteiger partial charge < -0.3 is 0 Å². The molecule has 0 unspecified atom stereocenters. The van der Waals surface area contributed by atoms with Gasteiger partial charge in [0.1, 0.15) is 0 Å². The molecule has 0 aromatic carbocycles. The average Bonchev–Trinajstić information content (AvgIpc) is 2.33. The molecule has 1 heterocycles. The molecule has 0 N–H and O–H groups in total. The summed E-state index contributed by atoms with van der Waals surface area (Å²) < 4.78 is 30.3. The zero-order valence-corrected chi connectivity index (χ0v) is 6.65. The molecule has 0 atom stereocenters. The molecule has 0 radical (unpaired) electrons. The van der Waals surface area contributed by atoms with Crippen molar-refractivity contribution in [3.8, 4) is 0 Å². The summed E-state index contributed by atoms with van der Waals surface area (Å²) in [7, 11) is 0. The van der Waals surface area contributed by atoms with E-state index in [1.807, 2.05) is 0 Å². The molecule has 1 rings (SSSR count). The second-order valence-electron chi connectivity index (χ2n) is 1.31. The Kier molecular flexibility index (Phi) is 1.22. The Morgan fingerprint density at radius 1 is 2.00 bits per heavy atom. The van der Waals surface area contributed by atoms with Crippen LogP contribution in [0.25, 0.3) is 0 Å². The summed E-state index contributed by atoms with van der Waals surface area (Å²) in [5, 5.41) is 3.62. The van der Waals surface area contributed by atoms with E-state index in [1.165, 1.54) is 12.4 Å². The standard InChI is InChI=1S/C5H6BrClN2/c6-5-3-8-9(4-5)2-1-7/h3-4H,1-2H2/i1D2,2D2. The zero-order valence-electron chi connectivity index (χ0n) is 8.31. The minimum Gasteiger partial charge on any atom is -0.270 e. The van der Waals surface area contributed by atoms with Crippen molar-refractivity contribution >= 4 is 27.5 Å². The average molecular weight is 213 g/mol. The maximum absolute atomic E-state index is 7.37. The van der Waals surface area contributed by atoms with Crippen molar-refractivity contribution in [1.29, 1.82) is 0 Å². The highest BCUT2D eigenvalue weighted by molar-refractivity contribution is 9.10. The number of halogens is 2. The van der Waals surface area contributed by atoms with Crippen molar-refractivity contribution in [3.63, 3.8) is 0 Å². The first-order chi connectivity index (χ1) is 5.75. The number of hydrogen-bond acceptors (Lipinski definition) is 1. The lowest BCUT2D eigenvalue weighted by atomic mass is 10.7. The molecule has 0 saturated heterocycles. The van der Waals surface area contributed by atoms with E-state index in [2.05, 4.69) is 21.0 Å². The highest BCUT2D eigenvalue weighted by atomic mass is 79.9. The molecule has 0 spiro atoms. The molecular formula is C5H6BrClN2. The molecule has 0 saturated carbocycles. The fourth-order valence-electron chi connectivity index (χ4n) is 0.405. The third-order valence-electron chi connectivity index (χ3n) is 0.708. The summed E-state index contributed by atoms with van der Waals surface area (Å²) in [6.07, 6.45) is 2.68. The monoisotopic (exact) mass is 212 g/mol. The van der Waals surface area contributed by atoms with Gasteiger partial charge in [0, 0.05) is 14.8 Å². The molecule has 0 amide bonds. The maximum Gasteiger partial charge on any atom is 0.0632 e. The van der Waals surface area contributed by atoms with Crippen LogP contribution in [0.1, 0.15) is 5.48 Å². The molecule has 0 aliphatic heterocycles. The number of hydrogen-bond donors (Lipinski definition) is 0. The second-order valence-corrected chi connectivity index (χ2v) is 2.41. The van der Waals surface area contributed by atoms with E-state index in [0.29, 0.717) is 4.47 Å². The minimum absolute atomic E-state index is 0.567. The molecule has 0 aliphatic carbocycles. The van der Waals surface area contributed by atoms with Crippen molar-refractivity contribution < 1.29 is 5.48 Å². The van der Waals surface area contributed by atoms with Crippen LogP contribution in [-0.2, 0) is 6.50 Å². The minimum atomic E-state index is -2.50. The van der Waals surface area contributed by atoms with Gasteiger partial charge in [-0.2, -0.15) is 5.10 Å². The van der Waals surface area contributed by atoms with Crippen molar-refractivity contribution in [1.82, 2.24) is 9.78 Å². The third kappa shape index (κ3) is 1.99. The van der Waals surface area contributed by atoms with Crippen LogP contribution in [0.4, 0.5) is 0 Å². The quantitative estimate of drug-likeness (QED) is 0.686. The van der Waals surface area contributed by atoms with E-state index < -0.39 is 12.3 Å². The number of aromatic nitrogens is 2. The molecule has 1 aromatic heterocycles. The smallest absolute Gasteiger partial charge is 0.0632 e. The van der Waals surface area contributed by atoms with Gasteiger partial charge >= 0.3 is 0 Å². The third-order valence-corrected chi connectivity index (χ3v) is 1.20. The number of nitrogens with zero attached hydrogens (tertiary/aromatic N) is 2. The van der Waals surface area contributed by atoms with Crippen molar-refractivity contribution in [3.05, 3.63) is 16.9 Å². The molecular weight excluding hydrogens is 203 g/mol. The van der Waals surface area contributed by atoms with Crippen LogP contribution in [0.3, 0.4) is 0 Å². The zero-order chi connectivity index (χ0) is 10.3. The largest absolute Gasteiger partial charge is 0.270 e. The Balaban J connectivity index is 3.07.